The number of ether oxygens (including phenoxy) is 1. The lowest BCUT2D eigenvalue weighted by Crippen LogP contribution is -2.45. The Bertz CT molecular complexity index is 394. The minimum atomic E-state index is -0.887. The summed E-state index contributed by atoms with van der Waals surface area (Å²) in [7, 11) is 0. The third kappa shape index (κ3) is 3.24. The zero-order chi connectivity index (χ0) is 12.3. The van der Waals surface area contributed by atoms with E-state index in [0.717, 1.165) is 23.7 Å². The van der Waals surface area contributed by atoms with Gasteiger partial charge in [-0.3, -0.25) is 4.90 Å². The average Bonchev–Trinajstić information content (AvgIpc) is 2.77. The first-order valence-corrected chi connectivity index (χ1v) is 6.57. The van der Waals surface area contributed by atoms with Crippen molar-refractivity contribution in [2.45, 2.75) is 26.0 Å². The molecule has 1 aromatic heterocycles. The normalized spacial score (nSPS) is 21.6. The van der Waals surface area contributed by atoms with Gasteiger partial charge in [-0.15, -0.1) is 11.3 Å². The van der Waals surface area contributed by atoms with Gasteiger partial charge in [-0.1, -0.05) is 6.92 Å². The summed E-state index contributed by atoms with van der Waals surface area (Å²) in [5.74, 6) is -0.887. The second kappa shape index (κ2) is 5.57. The number of carboxylic acid groups (broad SMARTS) is 1. The van der Waals surface area contributed by atoms with Gasteiger partial charge in [0, 0.05) is 25.0 Å². The van der Waals surface area contributed by atoms with Gasteiger partial charge < -0.3 is 9.84 Å². The SMILES string of the molecule is CCc1nc(CN2CCOC(C(=O)O)C2)cs1. The molecule has 0 spiro atoms. The van der Waals surface area contributed by atoms with Crippen LogP contribution in [0.25, 0.3) is 0 Å². The number of aliphatic carboxylic acids is 1. The summed E-state index contributed by atoms with van der Waals surface area (Å²) in [5.41, 5.74) is 1.03. The van der Waals surface area contributed by atoms with E-state index < -0.39 is 12.1 Å². The molecule has 1 aliphatic heterocycles. The fourth-order valence-corrected chi connectivity index (χ4v) is 2.54. The van der Waals surface area contributed by atoms with Crippen molar-refractivity contribution in [3.63, 3.8) is 0 Å². The monoisotopic (exact) mass is 256 g/mol. The Morgan fingerprint density at radius 2 is 2.59 bits per heavy atom. The summed E-state index contributed by atoms with van der Waals surface area (Å²) >= 11 is 1.66. The van der Waals surface area contributed by atoms with Gasteiger partial charge in [0.2, 0.25) is 0 Å². The van der Waals surface area contributed by atoms with Crippen molar-refractivity contribution in [3.8, 4) is 0 Å². The number of aromatic nitrogens is 1. The lowest BCUT2D eigenvalue weighted by molar-refractivity contribution is -0.156. The van der Waals surface area contributed by atoms with Gasteiger partial charge in [0.1, 0.15) is 0 Å². The zero-order valence-corrected chi connectivity index (χ0v) is 10.6. The molecule has 2 heterocycles. The number of hydrogen-bond acceptors (Lipinski definition) is 5. The Labute approximate surface area is 104 Å². The lowest BCUT2D eigenvalue weighted by Gasteiger charge is -2.30. The fourth-order valence-electron chi connectivity index (χ4n) is 1.81. The van der Waals surface area contributed by atoms with E-state index in [-0.39, 0.29) is 0 Å². The van der Waals surface area contributed by atoms with E-state index in [2.05, 4.69) is 16.8 Å². The van der Waals surface area contributed by atoms with Crippen LogP contribution in [0.4, 0.5) is 0 Å². The molecule has 1 atom stereocenters. The number of thiazole rings is 1. The van der Waals surface area contributed by atoms with Crippen LogP contribution < -0.4 is 0 Å². The highest BCUT2D eigenvalue weighted by atomic mass is 32.1. The Balaban J connectivity index is 1.92. The predicted molar refractivity (Wildman–Crippen MR) is 64.1 cm³/mol. The average molecular weight is 256 g/mol. The molecule has 1 saturated heterocycles. The highest BCUT2D eigenvalue weighted by Gasteiger charge is 2.26. The highest BCUT2D eigenvalue weighted by molar-refractivity contribution is 7.09. The Hall–Kier alpha value is -0.980. The molecule has 0 amide bonds. The van der Waals surface area contributed by atoms with Gasteiger partial charge in [-0.25, -0.2) is 9.78 Å². The fraction of sp³-hybridized carbons (Fsp3) is 0.636. The molecule has 1 N–H and O–H groups in total. The van der Waals surface area contributed by atoms with Gasteiger partial charge in [-0.2, -0.15) is 0 Å². The molecule has 1 unspecified atom stereocenters. The molecule has 0 radical (unpaired) electrons. The van der Waals surface area contributed by atoms with E-state index in [9.17, 15) is 4.79 Å². The van der Waals surface area contributed by atoms with Crippen LogP contribution in [-0.4, -0.2) is 46.8 Å². The molecule has 1 fully saturated rings. The molecule has 17 heavy (non-hydrogen) atoms. The van der Waals surface area contributed by atoms with Crippen LogP contribution in [0.2, 0.25) is 0 Å². The van der Waals surface area contributed by atoms with Gasteiger partial charge >= 0.3 is 5.97 Å². The molecule has 1 aromatic rings. The molecular formula is C11H16N2O3S. The minimum absolute atomic E-state index is 0.439. The summed E-state index contributed by atoms with van der Waals surface area (Å²) in [6, 6.07) is 0. The predicted octanol–water partition coefficient (Wildman–Crippen LogP) is 0.991. The van der Waals surface area contributed by atoms with Crippen molar-refractivity contribution in [3.05, 3.63) is 16.1 Å². The van der Waals surface area contributed by atoms with E-state index in [0.29, 0.717) is 19.7 Å². The minimum Gasteiger partial charge on any atom is -0.479 e. The first-order valence-electron chi connectivity index (χ1n) is 5.69. The van der Waals surface area contributed by atoms with E-state index in [4.69, 9.17) is 9.84 Å². The maximum absolute atomic E-state index is 10.8. The Morgan fingerprint density at radius 3 is 3.24 bits per heavy atom. The first kappa shape index (κ1) is 12.5. The molecular weight excluding hydrogens is 240 g/mol. The van der Waals surface area contributed by atoms with Crippen molar-refractivity contribution in [2.75, 3.05) is 19.7 Å². The van der Waals surface area contributed by atoms with Crippen LogP contribution in [0.15, 0.2) is 5.38 Å². The van der Waals surface area contributed by atoms with Crippen molar-refractivity contribution in [1.82, 2.24) is 9.88 Å². The molecule has 1 aliphatic rings. The van der Waals surface area contributed by atoms with Gasteiger partial charge in [0.05, 0.1) is 17.3 Å². The molecule has 0 bridgehead atoms. The number of carbonyl (C=O) groups is 1. The third-order valence-electron chi connectivity index (χ3n) is 2.71. The topological polar surface area (TPSA) is 62.7 Å². The molecule has 6 heteroatoms. The quantitative estimate of drug-likeness (QED) is 0.870. The van der Waals surface area contributed by atoms with Gasteiger partial charge in [-0.05, 0) is 6.42 Å². The van der Waals surface area contributed by atoms with Crippen molar-refractivity contribution >= 4 is 17.3 Å². The van der Waals surface area contributed by atoms with Crippen molar-refractivity contribution in [1.29, 1.82) is 0 Å². The van der Waals surface area contributed by atoms with Crippen molar-refractivity contribution in [2.24, 2.45) is 0 Å². The van der Waals surface area contributed by atoms with Crippen LogP contribution in [-0.2, 0) is 22.5 Å². The summed E-state index contributed by atoms with van der Waals surface area (Å²) in [4.78, 5) is 17.4. The number of carboxylic acids is 1. The summed E-state index contributed by atoms with van der Waals surface area (Å²) < 4.78 is 5.17. The Morgan fingerprint density at radius 1 is 1.76 bits per heavy atom. The molecule has 2 rings (SSSR count). The summed E-state index contributed by atoms with van der Waals surface area (Å²) in [5, 5.41) is 12.1. The van der Waals surface area contributed by atoms with E-state index in [1.807, 2.05) is 5.38 Å². The smallest absolute Gasteiger partial charge is 0.334 e. The number of hydrogen-bond donors (Lipinski definition) is 1. The summed E-state index contributed by atoms with van der Waals surface area (Å²) in [6.07, 6.45) is 0.249. The molecule has 94 valence electrons. The first-order chi connectivity index (χ1) is 8.19. The second-order valence-electron chi connectivity index (χ2n) is 4.02. The summed E-state index contributed by atoms with van der Waals surface area (Å²) in [6.45, 7) is 4.47. The number of aryl methyl sites for hydroxylation is 1. The number of morpholine rings is 1. The Kier molecular flexibility index (Phi) is 4.09. The number of rotatable bonds is 4. The maximum Gasteiger partial charge on any atom is 0.334 e. The maximum atomic E-state index is 10.8. The molecule has 0 aliphatic carbocycles. The van der Waals surface area contributed by atoms with E-state index in [1.165, 1.54) is 0 Å². The van der Waals surface area contributed by atoms with Crippen LogP contribution >= 0.6 is 11.3 Å². The standard InChI is InChI=1S/C11H16N2O3S/c1-2-10-12-8(7-17-10)5-13-3-4-16-9(6-13)11(14)15/h7,9H,2-6H2,1H3,(H,14,15). The van der Waals surface area contributed by atoms with Crippen molar-refractivity contribution < 1.29 is 14.6 Å². The molecule has 0 saturated carbocycles. The van der Waals surface area contributed by atoms with Crippen LogP contribution in [0, 0.1) is 0 Å². The van der Waals surface area contributed by atoms with E-state index >= 15 is 0 Å². The van der Waals surface area contributed by atoms with Crippen LogP contribution in [0.3, 0.4) is 0 Å². The van der Waals surface area contributed by atoms with Crippen LogP contribution in [0.5, 0.6) is 0 Å². The van der Waals surface area contributed by atoms with Crippen LogP contribution in [0.1, 0.15) is 17.6 Å². The molecule has 5 nitrogen and oxygen atoms in total. The highest BCUT2D eigenvalue weighted by Crippen LogP contribution is 2.14. The third-order valence-corrected chi connectivity index (χ3v) is 3.76. The van der Waals surface area contributed by atoms with Gasteiger partial charge in [0.25, 0.3) is 0 Å². The lowest BCUT2D eigenvalue weighted by atomic mass is 10.2. The number of nitrogens with zero attached hydrogens (tertiary/aromatic N) is 2. The van der Waals surface area contributed by atoms with E-state index in [1.54, 1.807) is 11.3 Å². The molecule has 0 aromatic carbocycles. The van der Waals surface area contributed by atoms with Gasteiger partial charge in [0.15, 0.2) is 6.10 Å². The second-order valence-corrected chi connectivity index (χ2v) is 4.96. The largest absolute Gasteiger partial charge is 0.479 e. The zero-order valence-electron chi connectivity index (χ0n) is 9.76.